The monoisotopic (exact) mass is 422 g/mol. The van der Waals surface area contributed by atoms with Crippen LogP contribution in [0.4, 0.5) is 0 Å². The number of hydrogen-bond acceptors (Lipinski definition) is 7. The molecule has 8 nitrogen and oxygen atoms in total. The van der Waals surface area contributed by atoms with Crippen molar-refractivity contribution in [3.63, 3.8) is 0 Å². The van der Waals surface area contributed by atoms with Gasteiger partial charge >= 0.3 is 5.97 Å². The molecule has 1 heterocycles. The maximum atomic E-state index is 11.9. The van der Waals surface area contributed by atoms with Gasteiger partial charge in [-0.1, -0.05) is 18.2 Å². The Hall–Kier alpha value is -4.07. The number of nitrogens with one attached hydrogen (secondary N) is 1. The number of esters is 1. The SMILES string of the molecule is CCOC(=O)c1ccc(-c2ccc(/C=N/NC(=O)COc3cccc(OC)c3)o2)cc1. The van der Waals surface area contributed by atoms with Crippen LogP contribution in [0.2, 0.25) is 0 Å². The summed E-state index contributed by atoms with van der Waals surface area (Å²) in [4.78, 5) is 23.6. The molecule has 1 aromatic heterocycles. The van der Waals surface area contributed by atoms with Gasteiger partial charge in [0.25, 0.3) is 5.91 Å². The number of carbonyl (C=O) groups is 2. The summed E-state index contributed by atoms with van der Waals surface area (Å²) in [6.45, 7) is 1.89. The van der Waals surface area contributed by atoms with Crippen LogP contribution < -0.4 is 14.9 Å². The van der Waals surface area contributed by atoms with Gasteiger partial charge in [-0.05, 0) is 43.3 Å². The molecular formula is C23H22N2O6. The summed E-state index contributed by atoms with van der Waals surface area (Å²) in [5.74, 6) is 1.43. The van der Waals surface area contributed by atoms with E-state index in [1.807, 2.05) is 0 Å². The molecule has 0 aliphatic carbocycles. The van der Waals surface area contributed by atoms with Crippen LogP contribution in [-0.2, 0) is 9.53 Å². The van der Waals surface area contributed by atoms with Crippen molar-refractivity contribution in [2.45, 2.75) is 6.92 Å². The quantitative estimate of drug-likeness (QED) is 0.321. The molecule has 0 radical (unpaired) electrons. The minimum absolute atomic E-state index is 0.194. The van der Waals surface area contributed by atoms with E-state index in [1.165, 1.54) is 6.21 Å². The summed E-state index contributed by atoms with van der Waals surface area (Å²) in [6, 6.07) is 17.3. The average Bonchev–Trinajstić information content (AvgIpc) is 3.27. The Bertz CT molecular complexity index is 1060. The van der Waals surface area contributed by atoms with E-state index in [0.717, 1.165) is 5.56 Å². The van der Waals surface area contributed by atoms with E-state index in [1.54, 1.807) is 74.7 Å². The fraction of sp³-hybridized carbons (Fsp3) is 0.174. The number of hydrazone groups is 1. The Kier molecular flexibility index (Phi) is 7.42. The Balaban J connectivity index is 1.51. The van der Waals surface area contributed by atoms with Gasteiger partial charge in [0.05, 0.1) is 25.5 Å². The van der Waals surface area contributed by atoms with Crippen molar-refractivity contribution in [3.8, 4) is 22.8 Å². The van der Waals surface area contributed by atoms with Gasteiger partial charge in [-0.3, -0.25) is 4.79 Å². The number of nitrogens with zero attached hydrogens (tertiary/aromatic N) is 1. The molecule has 3 aromatic rings. The highest BCUT2D eigenvalue weighted by Gasteiger charge is 2.08. The molecule has 0 unspecified atom stereocenters. The molecule has 1 N–H and O–H groups in total. The molecular weight excluding hydrogens is 400 g/mol. The number of benzene rings is 2. The number of hydrogen-bond donors (Lipinski definition) is 1. The lowest BCUT2D eigenvalue weighted by atomic mass is 10.1. The van der Waals surface area contributed by atoms with E-state index in [-0.39, 0.29) is 12.6 Å². The molecule has 3 rings (SSSR count). The maximum Gasteiger partial charge on any atom is 0.338 e. The zero-order valence-corrected chi connectivity index (χ0v) is 17.2. The summed E-state index contributed by atoms with van der Waals surface area (Å²) in [5.41, 5.74) is 3.64. The summed E-state index contributed by atoms with van der Waals surface area (Å²) in [7, 11) is 1.55. The molecule has 1 amide bonds. The topological polar surface area (TPSA) is 99.4 Å². The van der Waals surface area contributed by atoms with Crippen LogP contribution in [-0.4, -0.2) is 38.4 Å². The van der Waals surface area contributed by atoms with Gasteiger partial charge < -0.3 is 18.6 Å². The van der Waals surface area contributed by atoms with Gasteiger partial charge in [0, 0.05) is 11.6 Å². The number of furan rings is 1. The van der Waals surface area contributed by atoms with E-state index in [0.29, 0.717) is 35.2 Å². The Morgan fingerprint density at radius 3 is 2.58 bits per heavy atom. The molecule has 0 spiro atoms. The van der Waals surface area contributed by atoms with Crippen molar-refractivity contribution in [3.05, 3.63) is 72.0 Å². The van der Waals surface area contributed by atoms with Crippen molar-refractivity contribution in [2.24, 2.45) is 5.10 Å². The molecule has 8 heteroatoms. The molecule has 0 fully saturated rings. The van der Waals surface area contributed by atoms with Crippen LogP contribution in [0.25, 0.3) is 11.3 Å². The molecule has 0 aliphatic rings. The van der Waals surface area contributed by atoms with Crippen molar-refractivity contribution in [1.29, 1.82) is 0 Å². The predicted molar refractivity (Wildman–Crippen MR) is 114 cm³/mol. The molecule has 0 atom stereocenters. The van der Waals surface area contributed by atoms with Gasteiger partial charge in [-0.2, -0.15) is 5.10 Å². The van der Waals surface area contributed by atoms with Gasteiger partial charge in [-0.15, -0.1) is 0 Å². The van der Waals surface area contributed by atoms with Crippen LogP contribution in [0.1, 0.15) is 23.0 Å². The van der Waals surface area contributed by atoms with Crippen LogP contribution in [0.15, 0.2) is 70.2 Å². The highest BCUT2D eigenvalue weighted by Crippen LogP contribution is 2.22. The fourth-order valence-corrected chi connectivity index (χ4v) is 2.60. The smallest absolute Gasteiger partial charge is 0.338 e. The third kappa shape index (κ3) is 6.20. The Morgan fingerprint density at radius 1 is 1.06 bits per heavy atom. The first-order valence-corrected chi connectivity index (χ1v) is 9.55. The minimum atomic E-state index is -0.416. The van der Waals surface area contributed by atoms with E-state index in [4.69, 9.17) is 18.6 Å². The second kappa shape index (κ2) is 10.6. The lowest BCUT2D eigenvalue weighted by molar-refractivity contribution is -0.123. The largest absolute Gasteiger partial charge is 0.497 e. The molecule has 0 saturated carbocycles. The number of carbonyl (C=O) groups excluding carboxylic acids is 2. The molecule has 2 aromatic carbocycles. The van der Waals surface area contributed by atoms with Crippen molar-refractivity contribution < 1.29 is 28.2 Å². The molecule has 0 saturated heterocycles. The number of amides is 1. The summed E-state index contributed by atoms with van der Waals surface area (Å²) in [6.07, 6.45) is 1.39. The van der Waals surface area contributed by atoms with Gasteiger partial charge in [0.15, 0.2) is 6.61 Å². The summed E-state index contributed by atoms with van der Waals surface area (Å²) >= 11 is 0. The summed E-state index contributed by atoms with van der Waals surface area (Å²) < 4.78 is 21.2. The van der Waals surface area contributed by atoms with Gasteiger partial charge in [0.2, 0.25) is 0 Å². The average molecular weight is 422 g/mol. The maximum absolute atomic E-state index is 11.9. The van der Waals surface area contributed by atoms with Crippen molar-refractivity contribution in [1.82, 2.24) is 5.43 Å². The van der Waals surface area contributed by atoms with Crippen molar-refractivity contribution in [2.75, 3.05) is 20.3 Å². The molecule has 0 bridgehead atoms. The van der Waals surface area contributed by atoms with Crippen molar-refractivity contribution >= 4 is 18.1 Å². The highest BCUT2D eigenvalue weighted by molar-refractivity contribution is 5.90. The minimum Gasteiger partial charge on any atom is -0.497 e. The van der Waals surface area contributed by atoms with Crippen LogP contribution in [0.5, 0.6) is 11.5 Å². The van der Waals surface area contributed by atoms with E-state index >= 15 is 0 Å². The zero-order chi connectivity index (χ0) is 22.1. The lowest BCUT2D eigenvalue weighted by Crippen LogP contribution is -2.24. The van der Waals surface area contributed by atoms with Crippen LogP contribution in [0.3, 0.4) is 0 Å². The molecule has 160 valence electrons. The fourth-order valence-electron chi connectivity index (χ4n) is 2.60. The predicted octanol–water partition coefficient (Wildman–Crippen LogP) is 3.66. The van der Waals surface area contributed by atoms with E-state index in [9.17, 15) is 9.59 Å². The van der Waals surface area contributed by atoms with E-state index in [2.05, 4.69) is 10.5 Å². The second-order valence-electron chi connectivity index (χ2n) is 6.26. The number of methoxy groups -OCH3 is 1. The van der Waals surface area contributed by atoms with Crippen LogP contribution >= 0.6 is 0 Å². The molecule has 31 heavy (non-hydrogen) atoms. The highest BCUT2D eigenvalue weighted by atomic mass is 16.5. The lowest BCUT2D eigenvalue weighted by Gasteiger charge is -2.06. The van der Waals surface area contributed by atoms with Crippen LogP contribution in [0, 0.1) is 0 Å². The number of ether oxygens (including phenoxy) is 3. The normalized spacial score (nSPS) is 10.6. The summed E-state index contributed by atoms with van der Waals surface area (Å²) in [5, 5.41) is 3.87. The Morgan fingerprint density at radius 2 is 1.84 bits per heavy atom. The first-order chi connectivity index (χ1) is 15.1. The standard InChI is InChI=1S/C23H22N2O6/c1-3-29-23(27)17-9-7-16(8-10-17)21-12-11-20(31-21)14-24-25-22(26)15-30-19-6-4-5-18(13-19)28-2/h4-14H,3,15H2,1-2H3,(H,25,26)/b24-14+. The third-order valence-corrected chi connectivity index (χ3v) is 4.10. The second-order valence-corrected chi connectivity index (χ2v) is 6.26. The van der Waals surface area contributed by atoms with Gasteiger partial charge in [0.1, 0.15) is 23.0 Å². The Labute approximate surface area is 179 Å². The first-order valence-electron chi connectivity index (χ1n) is 9.55. The third-order valence-electron chi connectivity index (χ3n) is 4.10. The molecule has 0 aliphatic heterocycles. The first kappa shape index (κ1) is 21.6. The van der Waals surface area contributed by atoms with E-state index < -0.39 is 5.91 Å². The number of rotatable bonds is 9. The van der Waals surface area contributed by atoms with Gasteiger partial charge in [-0.25, -0.2) is 10.2 Å². The zero-order valence-electron chi connectivity index (χ0n) is 17.2.